The Morgan fingerprint density at radius 2 is 0.667 bits per heavy atom. The molecule has 3 unspecified atom stereocenters. The van der Waals surface area contributed by atoms with Crippen molar-refractivity contribution in [2.24, 2.45) is 0 Å². The van der Waals surface area contributed by atoms with Crippen LogP contribution in [0.4, 0.5) is 0 Å². The van der Waals surface area contributed by atoms with Crippen LogP contribution in [-0.4, -0.2) is 73.1 Å². The molecule has 3 atom stereocenters. The van der Waals surface area contributed by atoms with E-state index in [1.54, 1.807) is 24.3 Å². The number of aldehydes is 3. The molecule has 0 spiro atoms. The molecule has 0 aliphatic heterocycles. The molecule has 15 nitrogen and oxygen atoms in total. The Kier molecular flexibility index (Phi) is 23.8. The van der Waals surface area contributed by atoms with Crippen LogP contribution in [0.2, 0.25) is 0 Å². The van der Waals surface area contributed by atoms with Crippen LogP contribution in [-0.2, 0) is 30.4 Å². The number of carbonyl (C=O) groups excluding carboxylic acids is 3. The fraction of sp³-hybridized carbons (Fsp3) is 0.125. The smallest absolute Gasteiger partial charge is 0.746 e. The van der Waals surface area contributed by atoms with Crippen molar-refractivity contribution in [1.29, 1.82) is 0 Å². The number of hydrogen-bond acceptors (Lipinski definition) is 15. The minimum atomic E-state index is -5.16. The van der Waals surface area contributed by atoms with Gasteiger partial charge in [0.2, 0.25) is 0 Å². The first-order valence-corrected chi connectivity index (χ1v) is 15.3. The van der Waals surface area contributed by atoms with Gasteiger partial charge in [0.25, 0.3) is 0 Å². The first kappa shape index (κ1) is 48.7. The number of benzene rings is 3. The monoisotopic (exact) mass is 714 g/mol. The number of aliphatic hydroxyl groups is 3. The summed E-state index contributed by atoms with van der Waals surface area (Å²) in [4.78, 5) is 30.9. The van der Waals surface area contributed by atoms with E-state index in [4.69, 9.17) is 5.11 Å². The average molecular weight is 715 g/mol. The molecule has 0 bridgehead atoms. The second-order valence-corrected chi connectivity index (χ2v) is 12.1. The Morgan fingerprint density at radius 1 is 0.444 bits per heavy atom. The largest absolute Gasteiger partial charge is 1.00 e. The van der Waals surface area contributed by atoms with Gasteiger partial charge in [0.15, 0.2) is 28.9 Å². The van der Waals surface area contributed by atoms with Crippen molar-refractivity contribution >= 4 is 49.2 Å². The van der Waals surface area contributed by atoms with Gasteiger partial charge in [0.05, 0.1) is 0 Å². The van der Waals surface area contributed by atoms with Gasteiger partial charge in [-0.05, 0) is 0 Å². The third-order valence-electron chi connectivity index (χ3n) is 4.99. The Hall–Kier alpha value is -0.720. The average Bonchev–Trinajstić information content (AvgIpc) is 2.95. The van der Waals surface area contributed by atoms with Gasteiger partial charge in [-0.1, -0.05) is 72.8 Å². The number of hydrogen-bond donors (Lipinski definition) is 3. The van der Waals surface area contributed by atoms with Gasteiger partial charge in [-0.2, -0.15) is 0 Å². The zero-order valence-electron chi connectivity index (χ0n) is 23.9. The summed E-state index contributed by atoms with van der Waals surface area (Å²) in [5, 5.41) is 27.6. The Morgan fingerprint density at radius 3 is 0.933 bits per heavy atom. The van der Waals surface area contributed by atoms with Crippen LogP contribution < -0.4 is 88.7 Å². The van der Waals surface area contributed by atoms with E-state index >= 15 is 0 Å². The van der Waals surface area contributed by atoms with Crippen LogP contribution in [0.1, 0.15) is 64.1 Å². The van der Waals surface area contributed by atoms with Crippen molar-refractivity contribution in [2.45, 2.75) is 16.3 Å². The summed E-state index contributed by atoms with van der Waals surface area (Å²) in [5.74, 6) is 0. The van der Waals surface area contributed by atoms with Crippen LogP contribution in [0.15, 0.2) is 72.8 Å². The molecular formula is C24H21Na3O15S3. The molecule has 0 saturated carbocycles. The van der Waals surface area contributed by atoms with Gasteiger partial charge in [0.1, 0.15) is 36.6 Å². The van der Waals surface area contributed by atoms with Crippen LogP contribution in [0.3, 0.4) is 0 Å². The maximum atomic E-state index is 10.6. The Bertz CT molecular complexity index is 1650. The van der Waals surface area contributed by atoms with E-state index in [0.29, 0.717) is 30.0 Å². The van der Waals surface area contributed by atoms with E-state index in [1.807, 2.05) is 0 Å². The van der Waals surface area contributed by atoms with Crippen LogP contribution in [0.5, 0.6) is 0 Å². The fourth-order valence-electron chi connectivity index (χ4n) is 3.00. The molecule has 0 aliphatic rings. The van der Waals surface area contributed by atoms with E-state index < -0.39 is 57.8 Å². The third kappa shape index (κ3) is 15.8. The normalized spacial score (nSPS) is 12.7. The van der Waals surface area contributed by atoms with Gasteiger partial charge in [0, 0.05) is 33.4 Å². The second kappa shape index (κ2) is 22.0. The number of rotatable bonds is 9. The first-order chi connectivity index (χ1) is 19.4. The molecule has 3 N–H and O–H groups in total. The molecule has 0 aliphatic carbocycles. The van der Waals surface area contributed by atoms with Crippen LogP contribution in [0.25, 0.3) is 0 Å². The summed E-state index contributed by atoms with van der Waals surface area (Å²) >= 11 is 0. The molecule has 3 rings (SSSR count). The summed E-state index contributed by atoms with van der Waals surface area (Å²) in [6.45, 7) is 0. The summed E-state index contributed by atoms with van der Waals surface area (Å²) in [6, 6.07) is 16.4. The van der Waals surface area contributed by atoms with Crippen molar-refractivity contribution in [2.75, 3.05) is 0 Å². The van der Waals surface area contributed by atoms with Gasteiger partial charge >= 0.3 is 88.7 Å². The van der Waals surface area contributed by atoms with Crippen molar-refractivity contribution < 1.29 is 157 Å². The van der Waals surface area contributed by atoms with Crippen LogP contribution >= 0.6 is 0 Å². The summed E-state index contributed by atoms with van der Waals surface area (Å²) < 4.78 is 95.3. The van der Waals surface area contributed by atoms with E-state index in [1.165, 1.54) is 36.4 Å². The van der Waals surface area contributed by atoms with E-state index in [0.717, 1.165) is 12.1 Å². The zero-order valence-corrected chi connectivity index (χ0v) is 32.3. The van der Waals surface area contributed by atoms with E-state index in [-0.39, 0.29) is 99.8 Å². The third-order valence-corrected chi connectivity index (χ3v) is 7.39. The van der Waals surface area contributed by atoms with Gasteiger partial charge in [-0.3, -0.25) is 14.4 Å². The van der Waals surface area contributed by atoms with Crippen molar-refractivity contribution in [3.63, 3.8) is 0 Å². The number of aliphatic hydroxyl groups excluding tert-OH is 3. The maximum Gasteiger partial charge on any atom is 1.00 e. The van der Waals surface area contributed by atoms with Crippen molar-refractivity contribution in [3.05, 3.63) is 106 Å². The Labute approximate surface area is 325 Å². The summed E-state index contributed by atoms with van der Waals surface area (Å²) in [7, 11) is -15.2. The molecule has 0 fully saturated rings. The minimum absolute atomic E-state index is 0. The zero-order chi connectivity index (χ0) is 32.3. The van der Waals surface area contributed by atoms with E-state index in [2.05, 4.69) is 0 Å². The SMILES string of the molecule is O=Cc1ccccc1C(O)S(=O)(=O)[O-].O=Cc1ccccc1C=O.O=S(=O)([O-])C(O)c1ccccc1C(O)S(=O)(=O)[O-].[Na+].[Na+].[Na+]. The topological polar surface area (TPSA) is 283 Å². The Balaban J connectivity index is -0.000000590. The summed E-state index contributed by atoms with van der Waals surface area (Å²) in [5.41, 5.74) is -7.95. The second-order valence-electron chi connectivity index (χ2n) is 7.78. The molecule has 0 heterocycles. The van der Waals surface area contributed by atoms with Crippen LogP contribution in [0, 0.1) is 0 Å². The fourth-order valence-corrected chi connectivity index (χ4v) is 4.57. The molecule has 0 saturated heterocycles. The van der Waals surface area contributed by atoms with Gasteiger partial charge in [-0.15, -0.1) is 0 Å². The van der Waals surface area contributed by atoms with Crippen molar-refractivity contribution in [3.8, 4) is 0 Å². The number of carbonyl (C=O) groups is 3. The molecule has 0 aromatic heterocycles. The standard InChI is InChI=1S/C8H10O8S2.C8H8O5S.C8H6O2.3Na/c9-7(17(11,12)13)5-3-1-2-4-6(5)8(10)18(14,15)16;9-5-6-3-1-2-4-7(6)8(10)14(11,12)13;9-5-7-3-1-2-4-8(7)6-10;;;/h1-4,7-10H,(H,11,12,13)(H,14,15,16);1-5,8,10H,(H,11,12,13);1-6H;;;/q;;;3*+1/p-3. The molecule has 21 heteroatoms. The first-order valence-electron chi connectivity index (χ1n) is 10.9. The van der Waals surface area contributed by atoms with Gasteiger partial charge in [-0.25, -0.2) is 25.3 Å². The van der Waals surface area contributed by atoms with E-state index in [9.17, 15) is 63.5 Å². The molecule has 45 heavy (non-hydrogen) atoms. The predicted octanol–water partition coefficient (Wildman–Crippen LogP) is -8.88. The molecule has 3 aromatic rings. The van der Waals surface area contributed by atoms with Crippen molar-refractivity contribution in [1.82, 2.24) is 0 Å². The molecule has 0 radical (unpaired) electrons. The quantitative estimate of drug-likeness (QED) is 0.105. The molecule has 0 amide bonds. The minimum Gasteiger partial charge on any atom is -0.746 e. The van der Waals surface area contributed by atoms with Gasteiger partial charge < -0.3 is 29.0 Å². The molecule has 228 valence electrons. The maximum absolute atomic E-state index is 10.6. The molecular weight excluding hydrogens is 693 g/mol. The predicted molar refractivity (Wildman–Crippen MR) is 139 cm³/mol. The molecule has 3 aromatic carbocycles. The summed E-state index contributed by atoms with van der Waals surface area (Å²) in [6.07, 6.45) is 1.72.